The molecule has 1 aromatic heterocycles. The number of rotatable bonds is 5. The molecule has 28 heavy (non-hydrogen) atoms. The van der Waals surface area contributed by atoms with Crippen molar-refractivity contribution < 1.29 is 9.53 Å². The smallest absolute Gasteiger partial charge is 0.326 e. The Morgan fingerprint density at radius 3 is 2.71 bits per heavy atom. The molecule has 0 amide bonds. The first-order valence-corrected chi connectivity index (χ1v) is 11.2. The minimum atomic E-state index is -0.177. The van der Waals surface area contributed by atoms with Crippen molar-refractivity contribution in [2.75, 3.05) is 6.26 Å². The van der Waals surface area contributed by atoms with E-state index in [0.29, 0.717) is 5.92 Å². The van der Waals surface area contributed by atoms with Gasteiger partial charge in [0.15, 0.2) is 0 Å². The fraction of sp³-hybridized carbons (Fsp3) is 0.391. The first-order chi connectivity index (χ1) is 13.6. The number of carbonyl (C=O) groups is 1. The second kappa shape index (κ2) is 8.39. The van der Waals surface area contributed by atoms with Gasteiger partial charge in [0.05, 0.1) is 11.0 Å². The van der Waals surface area contributed by atoms with E-state index < -0.39 is 0 Å². The van der Waals surface area contributed by atoms with Gasteiger partial charge in [-0.2, -0.15) is 0 Å². The zero-order valence-corrected chi connectivity index (χ0v) is 17.2. The summed E-state index contributed by atoms with van der Waals surface area (Å²) < 4.78 is 7.80. The Morgan fingerprint density at radius 2 is 1.96 bits per heavy atom. The van der Waals surface area contributed by atoms with Crippen molar-refractivity contribution in [3.8, 4) is 11.4 Å². The molecule has 0 radical (unpaired) electrons. The van der Waals surface area contributed by atoms with Crippen LogP contribution >= 0.6 is 11.8 Å². The lowest BCUT2D eigenvalue weighted by Crippen LogP contribution is -2.26. The number of para-hydroxylation sites is 2. The fourth-order valence-corrected chi connectivity index (χ4v) is 4.44. The quantitative estimate of drug-likeness (QED) is 0.420. The number of benzene rings is 2. The molecule has 1 fully saturated rings. The van der Waals surface area contributed by atoms with Gasteiger partial charge in [-0.15, -0.1) is 11.8 Å². The van der Waals surface area contributed by atoms with Gasteiger partial charge in [0, 0.05) is 10.5 Å². The van der Waals surface area contributed by atoms with E-state index in [9.17, 15) is 4.79 Å². The van der Waals surface area contributed by atoms with Crippen LogP contribution in [0.1, 0.15) is 32.6 Å². The summed E-state index contributed by atoms with van der Waals surface area (Å²) in [5.41, 5.74) is 2.86. The number of hydrogen-bond acceptors (Lipinski definition) is 4. The largest absolute Gasteiger partial charge is 0.461 e. The Morgan fingerprint density at radius 1 is 1.18 bits per heavy atom. The molecule has 0 saturated heterocycles. The van der Waals surface area contributed by atoms with Crippen LogP contribution in [0.5, 0.6) is 0 Å². The van der Waals surface area contributed by atoms with Gasteiger partial charge in [0.1, 0.15) is 18.5 Å². The lowest BCUT2D eigenvalue weighted by atomic mass is 9.89. The van der Waals surface area contributed by atoms with E-state index in [1.54, 1.807) is 11.8 Å². The summed E-state index contributed by atoms with van der Waals surface area (Å²) in [6.07, 6.45) is 6.43. The van der Waals surface area contributed by atoms with E-state index in [2.05, 4.69) is 37.4 Å². The van der Waals surface area contributed by atoms with Crippen LogP contribution in [0.3, 0.4) is 0 Å². The third-order valence-corrected chi connectivity index (χ3v) is 6.22. The Kier molecular flexibility index (Phi) is 5.72. The van der Waals surface area contributed by atoms with E-state index in [4.69, 9.17) is 9.72 Å². The SMILES string of the molecule is CSc1ccc(-c2nc3ccccc3n2CC(=O)O[C@H]2CCCC(C)C2)cc1. The first kappa shape index (κ1) is 19.1. The fourth-order valence-electron chi connectivity index (χ4n) is 4.03. The molecule has 1 heterocycles. The van der Waals surface area contributed by atoms with Crippen molar-refractivity contribution in [1.82, 2.24) is 9.55 Å². The van der Waals surface area contributed by atoms with Crippen molar-refractivity contribution in [2.24, 2.45) is 5.92 Å². The monoisotopic (exact) mass is 394 g/mol. The number of ether oxygens (including phenoxy) is 1. The van der Waals surface area contributed by atoms with Crippen LogP contribution in [0.25, 0.3) is 22.4 Å². The highest BCUT2D eigenvalue weighted by Crippen LogP contribution is 2.28. The Labute approximate surface area is 170 Å². The number of esters is 1. The molecule has 2 atom stereocenters. The number of fused-ring (bicyclic) bond motifs is 1. The van der Waals surface area contributed by atoms with Gasteiger partial charge in [0.25, 0.3) is 0 Å². The standard InChI is InChI=1S/C23H26N2O2S/c1-16-6-5-7-18(14-16)27-22(26)15-25-21-9-4-3-8-20(21)24-23(25)17-10-12-19(28-2)13-11-17/h3-4,8-13,16,18H,5-7,14-15H2,1-2H3/t16?,18-/m0/s1. The molecule has 1 saturated carbocycles. The lowest BCUT2D eigenvalue weighted by Gasteiger charge is -2.26. The van der Waals surface area contributed by atoms with Crippen LogP contribution in [0.15, 0.2) is 53.4 Å². The van der Waals surface area contributed by atoms with E-state index in [-0.39, 0.29) is 18.6 Å². The minimum absolute atomic E-state index is 0.0512. The topological polar surface area (TPSA) is 44.1 Å². The zero-order chi connectivity index (χ0) is 19.5. The Balaban J connectivity index is 1.62. The van der Waals surface area contributed by atoms with Crippen LogP contribution in [-0.2, 0) is 16.1 Å². The lowest BCUT2D eigenvalue weighted by molar-refractivity contribution is -0.151. The molecule has 146 valence electrons. The first-order valence-electron chi connectivity index (χ1n) is 9.93. The van der Waals surface area contributed by atoms with Crippen LogP contribution in [-0.4, -0.2) is 27.9 Å². The van der Waals surface area contributed by atoms with Gasteiger partial charge in [-0.3, -0.25) is 4.79 Å². The molecule has 1 aliphatic rings. The van der Waals surface area contributed by atoms with Gasteiger partial charge in [0.2, 0.25) is 0 Å². The molecular weight excluding hydrogens is 368 g/mol. The second-order valence-electron chi connectivity index (χ2n) is 7.62. The predicted octanol–water partition coefficient (Wildman–Crippen LogP) is 5.55. The number of thioether (sulfide) groups is 1. The van der Waals surface area contributed by atoms with Crippen molar-refractivity contribution >= 4 is 28.8 Å². The Bertz CT molecular complexity index is 964. The summed E-state index contributed by atoms with van der Waals surface area (Å²) in [6.45, 7) is 2.42. The van der Waals surface area contributed by atoms with Crippen LogP contribution in [0.4, 0.5) is 0 Å². The summed E-state index contributed by atoms with van der Waals surface area (Å²) in [5, 5.41) is 0. The number of aromatic nitrogens is 2. The van der Waals surface area contributed by atoms with Gasteiger partial charge < -0.3 is 9.30 Å². The normalized spacial score (nSPS) is 19.6. The van der Waals surface area contributed by atoms with Gasteiger partial charge in [-0.05, 0) is 55.7 Å². The van der Waals surface area contributed by atoms with Gasteiger partial charge in [-0.25, -0.2) is 4.98 Å². The summed E-state index contributed by atoms with van der Waals surface area (Å²) >= 11 is 1.71. The molecule has 0 bridgehead atoms. The van der Waals surface area contributed by atoms with Crippen molar-refractivity contribution in [3.63, 3.8) is 0 Å². The van der Waals surface area contributed by atoms with Crippen LogP contribution in [0.2, 0.25) is 0 Å². The van der Waals surface area contributed by atoms with Crippen molar-refractivity contribution in [1.29, 1.82) is 0 Å². The van der Waals surface area contributed by atoms with Gasteiger partial charge in [-0.1, -0.05) is 37.6 Å². The third kappa shape index (κ3) is 4.09. The van der Waals surface area contributed by atoms with Crippen molar-refractivity contribution in [2.45, 2.75) is 50.2 Å². The predicted molar refractivity (Wildman–Crippen MR) is 114 cm³/mol. The highest BCUT2D eigenvalue weighted by atomic mass is 32.2. The number of nitrogens with zero attached hydrogens (tertiary/aromatic N) is 2. The zero-order valence-electron chi connectivity index (χ0n) is 16.4. The van der Waals surface area contributed by atoms with E-state index in [1.165, 1.54) is 11.3 Å². The molecule has 1 unspecified atom stereocenters. The average Bonchev–Trinajstić information content (AvgIpc) is 3.06. The maximum atomic E-state index is 12.7. The van der Waals surface area contributed by atoms with E-state index in [0.717, 1.165) is 41.7 Å². The number of carbonyl (C=O) groups excluding carboxylic acids is 1. The molecule has 1 aliphatic carbocycles. The van der Waals surface area contributed by atoms with Crippen LogP contribution in [0, 0.1) is 5.92 Å². The summed E-state index contributed by atoms with van der Waals surface area (Å²) in [4.78, 5) is 18.7. The van der Waals surface area contributed by atoms with Crippen LogP contribution < -0.4 is 0 Å². The molecule has 5 heteroatoms. The molecule has 2 aromatic carbocycles. The second-order valence-corrected chi connectivity index (χ2v) is 8.50. The highest BCUT2D eigenvalue weighted by Gasteiger charge is 2.23. The number of hydrogen-bond donors (Lipinski definition) is 0. The average molecular weight is 395 g/mol. The third-order valence-electron chi connectivity index (χ3n) is 5.48. The minimum Gasteiger partial charge on any atom is -0.461 e. The Hall–Kier alpha value is -2.27. The van der Waals surface area contributed by atoms with Crippen molar-refractivity contribution in [3.05, 3.63) is 48.5 Å². The molecule has 0 aliphatic heterocycles. The summed E-state index contributed by atoms with van der Waals surface area (Å²) in [7, 11) is 0. The van der Waals surface area contributed by atoms with E-state index >= 15 is 0 Å². The molecular formula is C23H26N2O2S. The van der Waals surface area contributed by atoms with E-state index in [1.807, 2.05) is 28.8 Å². The maximum absolute atomic E-state index is 12.7. The molecule has 4 nitrogen and oxygen atoms in total. The maximum Gasteiger partial charge on any atom is 0.326 e. The number of imidazole rings is 1. The highest BCUT2D eigenvalue weighted by molar-refractivity contribution is 7.98. The molecule has 4 rings (SSSR count). The molecule has 0 spiro atoms. The van der Waals surface area contributed by atoms with Gasteiger partial charge >= 0.3 is 5.97 Å². The molecule has 0 N–H and O–H groups in total. The summed E-state index contributed by atoms with van der Waals surface area (Å²) in [6, 6.07) is 16.3. The summed E-state index contributed by atoms with van der Waals surface area (Å²) in [5.74, 6) is 1.26. The molecule has 3 aromatic rings.